The molecule has 0 bridgehead atoms. The first-order valence-electron chi connectivity index (χ1n) is 8.64. The minimum atomic E-state index is -0.162. The minimum absolute atomic E-state index is 0.162. The lowest BCUT2D eigenvalue weighted by Crippen LogP contribution is -2.17. The summed E-state index contributed by atoms with van der Waals surface area (Å²) in [6, 6.07) is 9.93. The maximum absolute atomic E-state index is 12.5. The van der Waals surface area contributed by atoms with Gasteiger partial charge in [-0.25, -0.2) is 14.8 Å². The molecule has 0 fully saturated rings. The molecule has 0 unspecified atom stereocenters. The third-order valence-electron chi connectivity index (χ3n) is 3.76. The first-order valence-corrected chi connectivity index (χ1v) is 9.62. The summed E-state index contributed by atoms with van der Waals surface area (Å²) in [5.74, 6) is 1.65. The van der Waals surface area contributed by atoms with E-state index in [1.807, 2.05) is 30.3 Å². The molecule has 0 aliphatic heterocycles. The van der Waals surface area contributed by atoms with E-state index in [1.165, 1.54) is 0 Å². The summed E-state index contributed by atoms with van der Waals surface area (Å²) >= 11 is 1.62. The van der Waals surface area contributed by atoms with Crippen LogP contribution < -0.4 is 11.0 Å². The molecule has 1 aromatic carbocycles. The van der Waals surface area contributed by atoms with Crippen molar-refractivity contribution in [3.63, 3.8) is 0 Å². The monoisotopic (exact) mass is 357 g/mol. The van der Waals surface area contributed by atoms with Crippen LogP contribution in [0, 0.1) is 0 Å². The Labute approximate surface area is 151 Å². The van der Waals surface area contributed by atoms with Crippen molar-refractivity contribution in [2.45, 2.75) is 38.4 Å². The van der Waals surface area contributed by atoms with Crippen LogP contribution in [0.3, 0.4) is 0 Å². The zero-order valence-corrected chi connectivity index (χ0v) is 15.4. The number of nitrogens with one attached hydrogen (secondary N) is 2. The lowest BCUT2D eigenvalue weighted by atomic mass is 10.2. The molecule has 3 aromatic rings. The maximum Gasteiger partial charge on any atom is 0.328 e. The second kappa shape index (κ2) is 8.20. The summed E-state index contributed by atoms with van der Waals surface area (Å²) in [6.45, 7) is 5.52. The molecule has 0 radical (unpaired) electrons. The number of fused-ring (bicyclic) bond motifs is 1. The zero-order valence-electron chi connectivity index (χ0n) is 14.6. The Morgan fingerprint density at radius 2 is 1.96 bits per heavy atom. The SMILES string of the molecule is CCCNc1nc(SCCC)nc2c1[nH]c(=O)n2Cc1ccccc1. The van der Waals surface area contributed by atoms with Gasteiger partial charge in [-0.1, -0.05) is 55.9 Å². The van der Waals surface area contributed by atoms with E-state index in [9.17, 15) is 4.79 Å². The number of rotatable bonds is 8. The van der Waals surface area contributed by atoms with E-state index in [2.05, 4.69) is 34.1 Å². The molecule has 0 aliphatic carbocycles. The van der Waals surface area contributed by atoms with Gasteiger partial charge in [-0.2, -0.15) is 0 Å². The van der Waals surface area contributed by atoms with Crippen molar-refractivity contribution < 1.29 is 0 Å². The van der Waals surface area contributed by atoms with Crippen LogP contribution in [-0.4, -0.2) is 31.8 Å². The van der Waals surface area contributed by atoms with Crippen LogP contribution in [0.15, 0.2) is 40.3 Å². The standard InChI is InChI=1S/C18H23N5OS/c1-3-10-19-15-14-16(22-17(21-15)25-11-4-2)23(18(24)20-14)12-13-8-6-5-7-9-13/h5-9H,3-4,10-12H2,1-2H3,(H,20,24)(H,19,21,22). The second-order valence-electron chi connectivity index (χ2n) is 5.83. The number of H-pyrrole nitrogens is 1. The molecule has 3 rings (SSSR count). The van der Waals surface area contributed by atoms with Crippen molar-refractivity contribution in [2.24, 2.45) is 0 Å². The van der Waals surface area contributed by atoms with E-state index in [4.69, 9.17) is 0 Å². The van der Waals surface area contributed by atoms with Crippen molar-refractivity contribution in [2.75, 3.05) is 17.6 Å². The number of imidazole rings is 1. The van der Waals surface area contributed by atoms with Gasteiger partial charge in [-0.3, -0.25) is 4.57 Å². The number of nitrogens with zero attached hydrogens (tertiary/aromatic N) is 3. The van der Waals surface area contributed by atoms with Gasteiger partial charge >= 0.3 is 5.69 Å². The molecule has 2 heterocycles. The Hall–Kier alpha value is -2.28. The van der Waals surface area contributed by atoms with Gasteiger partial charge in [-0.15, -0.1) is 0 Å². The van der Waals surface area contributed by atoms with Crippen LogP contribution in [0.1, 0.15) is 32.3 Å². The van der Waals surface area contributed by atoms with Gasteiger partial charge in [0.05, 0.1) is 6.54 Å². The summed E-state index contributed by atoms with van der Waals surface area (Å²) in [5.41, 5.74) is 2.23. The molecule has 2 N–H and O–H groups in total. The van der Waals surface area contributed by atoms with Gasteiger partial charge < -0.3 is 10.3 Å². The van der Waals surface area contributed by atoms with Gasteiger partial charge in [0.1, 0.15) is 5.52 Å². The molecule has 7 heteroatoms. The van der Waals surface area contributed by atoms with Gasteiger partial charge in [-0.05, 0) is 18.4 Å². The fourth-order valence-electron chi connectivity index (χ4n) is 2.55. The fraction of sp³-hybridized carbons (Fsp3) is 0.389. The van der Waals surface area contributed by atoms with Crippen LogP contribution in [0.25, 0.3) is 11.2 Å². The molecule has 25 heavy (non-hydrogen) atoms. The Morgan fingerprint density at radius 1 is 1.16 bits per heavy atom. The quantitative estimate of drug-likeness (QED) is 0.477. The molecule has 6 nitrogen and oxygen atoms in total. The first-order chi connectivity index (χ1) is 12.2. The van der Waals surface area contributed by atoms with E-state index < -0.39 is 0 Å². The smallest absolute Gasteiger partial charge is 0.328 e. The van der Waals surface area contributed by atoms with E-state index in [0.29, 0.717) is 28.7 Å². The molecule has 0 aliphatic rings. The molecule has 0 saturated carbocycles. The molecule has 0 saturated heterocycles. The first kappa shape index (κ1) is 17.5. The number of hydrogen-bond acceptors (Lipinski definition) is 5. The summed E-state index contributed by atoms with van der Waals surface area (Å²) in [4.78, 5) is 24.7. The fourth-order valence-corrected chi connectivity index (χ4v) is 3.25. The predicted molar refractivity (Wildman–Crippen MR) is 103 cm³/mol. The molecule has 0 amide bonds. The average molecular weight is 357 g/mol. The largest absolute Gasteiger partial charge is 0.368 e. The van der Waals surface area contributed by atoms with Crippen molar-refractivity contribution in [1.29, 1.82) is 0 Å². The van der Waals surface area contributed by atoms with E-state index >= 15 is 0 Å². The highest BCUT2D eigenvalue weighted by Gasteiger charge is 2.15. The number of hydrogen-bond donors (Lipinski definition) is 2. The van der Waals surface area contributed by atoms with Crippen LogP contribution in [0.5, 0.6) is 0 Å². The van der Waals surface area contributed by atoms with Crippen LogP contribution >= 0.6 is 11.8 Å². The van der Waals surface area contributed by atoms with Crippen molar-refractivity contribution in [3.8, 4) is 0 Å². The Morgan fingerprint density at radius 3 is 2.68 bits per heavy atom. The zero-order chi connectivity index (χ0) is 17.6. The number of benzene rings is 1. The summed E-state index contributed by atoms with van der Waals surface area (Å²) < 4.78 is 1.68. The number of aromatic amines is 1. The third-order valence-corrected chi connectivity index (χ3v) is 4.82. The van der Waals surface area contributed by atoms with E-state index in [0.717, 1.165) is 30.7 Å². The van der Waals surface area contributed by atoms with Crippen LogP contribution in [0.4, 0.5) is 5.82 Å². The van der Waals surface area contributed by atoms with Crippen LogP contribution in [0.2, 0.25) is 0 Å². The van der Waals surface area contributed by atoms with Gasteiger partial charge in [0.25, 0.3) is 0 Å². The Kier molecular flexibility index (Phi) is 5.75. The Bertz CT molecular complexity index is 888. The lowest BCUT2D eigenvalue weighted by molar-refractivity contribution is 0.771. The van der Waals surface area contributed by atoms with Crippen molar-refractivity contribution >= 4 is 28.7 Å². The highest BCUT2D eigenvalue weighted by atomic mass is 32.2. The summed E-state index contributed by atoms with van der Waals surface area (Å²) in [6.07, 6.45) is 2.03. The Balaban J connectivity index is 2.07. The lowest BCUT2D eigenvalue weighted by Gasteiger charge is -2.08. The van der Waals surface area contributed by atoms with Gasteiger partial charge in [0.15, 0.2) is 16.6 Å². The molecule has 0 atom stereocenters. The molecule has 2 aromatic heterocycles. The second-order valence-corrected chi connectivity index (χ2v) is 6.89. The van der Waals surface area contributed by atoms with Crippen LogP contribution in [-0.2, 0) is 6.54 Å². The molecule has 132 valence electrons. The number of anilines is 1. The van der Waals surface area contributed by atoms with Gasteiger partial charge in [0, 0.05) is 12.3 Å². The van der Waals surface area contributed by atoms with E-state index in [1.54, 1.807) is 16.3 Å². The average Bonchev–Trinajstić information content (AvgIpc) is 2.94. The van der Waals surface area contributed by atoms with Crippen molar-refractivity contribution in [3.05, 3.63) is 46.4 Å². The number of aromatic nitrogens is 4. The summed E-state index contributed by atoms with van der Waals surface area (Å²) in [5, 5.41) is 4.01. The molecule has 0 spiro atoms. The highest BCUT2D eigenvalue weighted by Crippen LogP contribution is 2.23. The maximum atomic E-state index is 12.5. The molecular weight excluding hydrogens is 334 g/mol. The van der Waals surface area contributed by atoms with Gasteiger partial charge in [0.2, 0.25) is 0 Å². The third kappa shape index (κ3) is 4.04. The summed E-state index contributed by atoms with van der Waals surface area (Å²) in [7, 11) is 0. The highest BCUT2D eigenvalue weighted by molar-refractivity contribution is 7.99. The topological polar surface area (TPSA) is 75.6 Å². The normalized spacial score (nSPS) is 11.1. The van der Waals surface area contributed by atoms with E-state index in [-0.39, 0.29) is 5.69 Å². The minimum Gasteiger partial charge on any atom is -0.368 e. The molecular formula is C18H23N5OS. The van der Waals surface area contributed by atoms with Crippen molar-refractivity contribution in [1.82, 2.24) is 19.5 Å². The predicted octanol–water partition coefficient (Wildman–Crippen LogP) is 3.49. The number of thioether (sulfide) groups is 1.